The summed E-state index contributed by atoms with van der Waals surface area (Å²) < 4.78 is 55.3. The van der Waals surface area contributed by atoms with E-state index in [0.29, 0.717) is 13.2 Å². The quantitative estimate of drug-likeness (QED) is 0.0343. The van der Waals surface area contributed by atoms with Crippen LogP contribution in [-0.4, -0.2) is 80.4 Å². The number of methoxy groups -OCH3 is 4. The summed E-state index contributed by atoms with van der Waals surface area (Å²) in [6.07, 6.45) is 18.3. The first kappa shape index (κ1) is 56.3. The minimum Gasteiger partial charge on any atom is -0.497 e. The van der Waals surface area contributed by atoms with Crippen LogP contribution in [0.25, 0.3) is 0 Å². The third-order valence-electron chi connectivity index (χ3n) is 13.8. The van der Waals surface area contributed by atoms with E-state index in [1.807, 2.05) is 36.4 Å². The molecule has 9 nitrogen and oxygen atoms in total. The zero-order valence-electron chi connectivity index (χ0n) is 42.9. The van der Waals surface area contributed by atoms with Crippen LogP contribution in [0.1, 0.15) is 99.1 Å². The van der Waals surface area contributed by atoms with Gasteiger partial charge in [0.1, 0.15) is 18.3 Å². The molecular formula is C55H88O9Si. The summed E-state index contributed by atoms with van der Waals surface area (Å²) in [5.74, 6) is 2.56. The topological polar surface area (TPSA) is 83.1 Å². The van der Waals surface area contributed by atoms with E-state index in [1.54, 1.807) is 28.4 Å². The van der Waals surface area contributed by atoms with Crippen molar-refractivity contribution in [3.63, 3.8) is 0 Å². The normalized spacial score (nSPS) is 23.0. The standard InChI is InChI=1S/C55H88O9Si/c1-17-18-23-41(4)52(64-65(15,16)55(8,9)10)42(5)49(60-36-45-28-32-47(57-12)33-29-45)26-21-19-24-39(2)51(61-37-46-30-34-48(58-13)35-31-46)40(3)25-20-22-27-50-43(6)53(62-38-56-11)44(7)54(59-14)63-50/h17-20,23-25,28-35,39-44,49-54H,1,21-22,26-27,36-38H2,2-16H3/b23-18-,24-19-,25-20-/t39-,40-,41-,42-,43-,44+,49+,50-,51-,52-,53-,54+/m0/s1. The highest BCUT2D eigenvalue weighted by Crippen LogP contribution is 2.41. The Hall–Kier alpha value is -3.06. The molecule has 1 heterocycles. The fraction of sp³-hybridized carbons (Fsp3) is 0.636. The molecule has 0 amide bonds. The van der Waals surface area contributed by atoms with Crippen LogP contribution in [-0.2, 0) is 46.1 Å². The van der Waals surface area contributed by atoms with E-state index in [1.165, 1.54) is 0 Å². The highest BCUT2D eigenvalue weighted by atomic mass is 28.4. The van der Waals surface area contributed by atoms with Crippen molar-refractivity contribution in [2.75, 3.05) is 35.2 Å². The Bertz CT molecular complexity index is 1700. The zero-order valence-corrected chi connectivity index (χ0v) is 43.9. The van der Waals surface area contributed by atoms with Crippen molar-refractivity contribution >= 4 is 8.32 Å². The second kappa shape index (κ2) is 28.3. The first-order chi connectivity index (χ1) is 30.9. The van der Waals surface area contributed by atoms with Crippen LogP contribution >= 0.6 is 0 Å². The molecule has 0 aromatic heterocycles. The maximum absolute atomic E-state index is 7.26. The summed E-state index contributed by atoms with van der Waals surface area (Å²) in [5.41, 5.74) is 2.22. The van der Waals surface area contributed by atoms with Crippen LogP contribution in [0.4, 0.5) is 0 Å². The molecule has 1 aliphatic rings. The van der Waals surface area contributed by atoms with Crippen LogP contribution in [0.5, 0.6) is 11.5 Å². The second-order valence-electron chi connectivity index (χ2n) is 19.8. The smallest absolute Gasteiger partial charge is 0.192 e. The summed E-state index contributed by atoms with van der Waals surface area (Å²) in [5, 5.41) is 0.0710. The second-order valence-corrected chi connectivity index (χ2v) is 24.5. The molecule has 1 fully saturated rings. The van der Waals surface area contributed by atoms with Gasteiger partial charge in [-0.2, -0.15) is 0 Å². The summed E-state index contributed by atoms with van der Waals surface area (Å²) in [7, 11) is 4.62. The van der Waals surface area contributed by atoms with Crippen LogP contribution in [0.3, 0.4) is 0 Å². The first-order valence-corrected chi connectivity index (χ1v) is 26.9. The van der Waals surface area contributed by atoms with Gasteiger partial charge in [-0.15, -0.1) is 0 Å². The third kappa shape index (κ3) is 17.8. The molecule has 0 N–H and O–H groups in total. The molecule has 2 aromatic carbocycles. The Balaban J connectivity index is 1.82. The Morgan fingerprint density at radius 3 is 1.77 bits per heavy atom. The molecule has 65 heavy (non-hydrogen) atoms. The molecule has 0 saturated carbocycles. The van der Waals surface area contributed by atoms with Crippen molar-refractivity contribution in [3.8, 4) is 11.5 Å². The van der Waals surface area contributed by atoms with Gasteiger partial charge in [0, 0.05) is 43.8 Å². The molecule has 0 aliphatic carbocycles. The van der Waals surface area contributed by atoms with E-state index in [9.17, 15) is 0 Å². The Labute approximate surface area is 396 Å². The minimum atomic E-state index is -2.12. The fourth-order valence-corrected chi connectivity index (χ4v) is 10.0. The number of allylic oxidation sites excluding steroid dienone is 4. The average Bonchev–Trinajstić information content (AvgIpc) is 3.28. The lowest BCUT2D eigenvalue weighted by Crippen LogP contribution is -2.50. The van der Waals surface area contributed by atoms with Gasteiger partial charge in [-0.05, 0) is 85.1 Å². The number of hydrogen-bond acceptors (Lipinski definition) is 9. The van der Waals surface area contributed by atoms with E-state index in [4.69, 9.17) is 42.3 Å². The van der Waals surface area contributed by atoms with Gasteiger partial charge in [0.2, 0.25) is 0 Å². The third-order valence-corrected chi connectivity index (χ3v) is 18.2. The van der Waals surface area contributed by atoms with Crippen LogP contribution in [0, 0.1) is 35.5 Å². The van der Waals surface area contributed by atoms with E-state index in [-0.39, 0.29) is 84.1 Å². The number of benzene rings is 2. The highest BCUT2D eigenvalue weighted by molar-refractivity contribution is 6.74. The van der Waals surface area contributed by atoms with Crippen molar-refractivity contribution in [3.05, 3.63) is 109 Å². The maximum Gasteiger partial charge on any atom is 0.192 e. The van der Waals surface area contributed by atoms with Crippen molar-refractivity contribution < 1.29 is 42.3 Å². The number of hydrogen-bond donors (Lipinski definition) is 0. The molecule has 0 unspecified atom stereocenters. The molecule has 0 radical (unpaired) electrons. The van der Waals surface area contributed by atoms with Crippen molar-refractivity contribution in [2.45, 2.75) is 156 Å². The first-order valence-electron chi connectivity index (χ1n) is 24.0. The van der Waals surface area contributed by atoms with Gasteiger partial charge < -0.3 is 42.3 Å². The number of rotatable bonds is 29. The lowest BCUT2D eigenvalue weighted by atomic mass is 9.84. The predicted octanol–water partition coefficient (Wildman–Crippen LogP) is 13.2. The van der Waals surface area contributed by atoms with Crippen molar-refractivity contribution in [2.24, 2.45) is 35.5 Å². The molecule has 1 saturated heterocycles. The van der Waals surface area contributed by atoms with Crippen LogP contribution < -0.4 is 9.47 Å². The fourth-order valence-electron chi connectivity index (χ4n) is 8.58. The summed E-state index contributed by atoms with van der Waals surface area (Å²) in [6.45, 7) is 30.2. The predicted molar refractivity (Wildman–Crippen MR) is 269 cm³/mol. The largest absolute Gasteiger partial charge is 0.497 e. The molecule has 3 rings (SSSR count). The van der Waals surface area contributed by atoms with Gasteiger partial charge in [0.05, 0.1) is 58.0 Å². The molecule has 0 spiro atoms. The van der Waals surface area contributed by atoms with Gasteiger partial charge in [-0.25, -0.2) is 0 Å². The van der Waals surface area contributed by atoms with Gasteiger partial charge in [0.25, 0.3) is 0 Å². The molecule has 10 heteroatoms. The van der Waals surface area contributed by atoms with E-state index < -0.39 is 8.32 Å². The molecule has 0 bridgehead atoms. The lowest BCUT2D eigenvalue weighted by Gasteiger charge is -2.44. The number of ether oxygens (including phenoxy) is 8. The Kier molecular flexibility index (Phi) is 24.5. The Morgan fingerprint density at radius 2 is 1.26 bits per heavy atom. The molecule has 1 aliphatic heterocycles. The van der Waals surface area contributed by atoms with Gasteiger partial charge in [-0.1, -0.05) is 136 Å². The van der Waals surface area contributed by atoms with Gasteiger partial charge in [-0.3, -0.25) is 0 Å². The summed E-state index contributed by atoms with van der Waals surface area (Å²) in [4.78, 5) is 0. The summed E-state index contributed by atoms with van der Waals surface area (Å²) >= 11 is 0. The van der Waals surface area contributed by atoms with Crippen molar-refractivity contribution in [1.82, 2.24) is 0 Å². The molecule has 366 valence electrons. The van der Waals surface area contributed by atoms with E-state index >= 15 is 0 Å². The van der Waals surface area contributed by atoms with Gasteiger partial charge >= 0.3 is 0 Å². The molecule has 12 atom stereocenters. The monoisotopic (exact) mass is 921 g/mol. The SMILES string of the molecule is C=C/C=C\[C@H](C)[C@H](O[Si](C)(C)C(C)(C)C)[C@@H](C)[C@@H](CC/C=C\[C@H](C)[C@H](OCc1ccc(OC)cc1)[C@@H](C)/C=C\CC[C@@H]1O[C@@H](OC)[C@H](C)[C@@H](OCOC)[C@H]1C)OCc1ccc(OC)cc1. The van der Waals surface area contributed by atoms with Gasteiger partial charge in [0.15, 0.2) is 14.6 Å². The highest BCUT2D eigenvalue weighted by Gasteiger charge is 2.43. The zero-order chi connectivity index (χ0) is 48.2. The maximum atomic E-state index is 7.26. The average molecular weight is 921 g/mol. The van der Waals surface area contributed by atoms with E-state index in [2.05, 4.69) is 137 Å². The Morgan fingerprint density at radius 1 is 0.723 bits per heavy atom. The minimum absolute atomic E-state index is 0.00869. The van der Waals surface area contributed by atoms with Crippen molar-refractivity contribution in [1.29, 1.82) is 0 Å². The van der Waals surface area contributed by atoms with Crippen LogP contribution in [0.2, 0.25) is 18.1 Å². The molecule has 2 aromatic rings. The van der Waals surface area contributed by atoms with E-state index in [0.717, 1.165) is 48.3 Å². The van der Waals surface area contributed by atoms with Crippen LogP contribution in [0.15, 0.2) is 97.6 Å². The summed E-state index contributed by atoms with van der Waals surface area (Å²) in [6, 6.07) is 16.3. The molecular weight excluding hydrogens is 833 g/mol. The lowest BCUT2D eigenvalue weighted by molar-refractivity contribution is -0.271.